The Kier molecular flexibility index (Phi) is 4.40. The molecule has 0 aromatic heterocycles. The first-order chi connectivity index (χ1) is 4.22. The minimum absolute atomic E-state index is 0.0596. The normalized spacial score (nSPS) is 11.7. The van der Waals surface area contributed by atoms with Gasteiger partial charge in [0.1, 0.15) is 5.04 Å². The maximum Gasteiger partial charge on any atom is 0.184 e. The summed E-state index contributed by atoms with van der Waals surface area (Å²) in [6, 6.07) is 0. The van der Waals surface area contributed by atoms with E-state index in [1.54, 1.807) is 0 Å². The first kappa shape index (κ1) is 8.69. The van der Waals surface area contributed by atoms with Gasteiger partial charge in [-0.3, -0.25) is 9.79 Å². The monoisotopic (exact) mass is 145 g/mol. The quantitative estimate of drug-likeness (QED) is 0.433. The highest BCUT2D eigenvalue weighted by molar-refractivity contribution is 8.15. The summed E-state index contributed by atoms with van der Waals surface area (Å²) in [4.78, 5) is 14.6. The van der Waals surface area contributed by atoms with Crippen LogP contribution in [0.4, 0.5) is 0 Å². The molecule has 0 aromatic carbocycles. The second kappa shape index (κ2) is 4.56. The Morgan fingerprint density at radius 1 is 1.67 bits per heavy atom. The highest BCUT2D eigenvalue weighted by Gasteiger charge is 2.00. The van der Waals surface area contributed by atoms with E-state index in [1.807, 2.05) is 13.2 Å². The number of thioether (sulfide) groups is 1. The van der Waals surface area contributed by atoms with Gasteiger partial charge in [-0.1, -0.05) is 0 Å². The van der Waals surface area contributed by atoms with Crippen molar-refractivity contribution >= 4 is 22.6 Å². The third kappa shape index (κ3) is 3.30. The standard InChI is InChI=1S/C6H11NOS/c1-4-7-6(9-3)5(2)8/h4H2,1-3H3. The van der Waals surface area contributed by atoms with Gasteiger partial charge in [0.15, 0.2) is 5.78 Å². The van der Waals surface area contributed by atoms with Gasteiger partial charge in [0.2, 0.25) is 0 Å². The van der Waals surface area contributed by atoms with Crippen LogP contribution in [0.1, 0.15) is 13.8 Å². The SMILES string of the molecule is CCN=C(SC)C(C)=O. The molecule has 0 bridgehead atoms. The summed E-state index contributed by atoms with van der Waals surface area (Å²) in [5.41, 5.74) is 0. The van der Waals surface area contributed by atoms with E-state index < -0.39 is 0 Å². The van der Waals surface area contributed by atoms with Crippen molar-refractivity contribution < 1.29 is 4.79 Å². The summed E-state index contributed by atoms with van der Waals surface area (Å²) in [6.45, 7) is 4.14. The molecule has 52 valence electrons. The molecule has 0 heterocycles. The van der Waals surface area contributed by atoms with E-state index >= 15 is 0 Å². The van der Waals surface area contributed by atoms with Gasteiger partial charge in [-0.2, -0.15) is 0 Å². The van der Waals surface area contributed by atoms with Crippen LogP contribution in [-0.2, 0) is 4.79 Å². The molecule has 0 rings (SSSR count). The van der Waals surface area contributed by atoms with Gasteiger partial charge in [-0.15, -0.1) is 11.8 Å². The average molecular weight is 145 g/mol. The highest BCUT2D eigenvalue weighted by Crippen LogP contribution is 1.98. The lowest BCUT2D eigenvalue weighted by Crippen LogP contribution is -2.04. The van der Waals surface area contributed by atoms with Crippen LogP contribution in [-0.4, -0.2) is 23.6 Å². The Labute approximate surface area is 59.7 Å². The van der Waals surface area contributed by atoms with Gasteiger partial charge in [-0.05, 0) is 13.2 Å². The molecule has 3 heteroatoms. The molecule has 9 heavy (non-hydrogen) atoms. The summed E-state index contributed by atoms with van der Waals surface area (Å²) in [5, 5.41) is 0.623. The number of hydrogen-bond donors (Lipinski definition) is 0. The molecule has 2 nitrogen and oxygen atoms in total. The molecule has 0 radical (unpaired) electrons. The van der Waals surface area contributed by atoms with Crippen LogP contribution in [0, 0.1) is 0 Å². The summed E-state index contributed by atoms with van der Waals surface area (Å²) < 4.78 is 0. The fraction of sp³-hybridized carbons (Fsp3) is 0.667. The van der Waals surface area contributed by atoms with E-state index in [-0.39, 0.29) is 5.78 Å². The molecular weight excluding hydrogens is 134 g/mol. The summed E-state index contributed by atoms with van der Waals surface area (Å²) in [7, 11) is 0. The number of nitrogens with zero attached hydrogens (tertiary/aromatic N) is 1. The van der Waals surface area contributed by atoms with Crippen molar-refractivity contribution in [3.05, 3.63) is 0 Å². The van der Waals surface area contributed by atoms with Crippen LogP contribution in [0.3, 0.4) is 0 Å². The lowest BCUT2D eigenvalue weighted by atomic mass is 10.5. The number of aliphatic imine (C=N–C) groups is 1. The number of carbonyl (C=O) groups is 1. The van der Waals surface area contributed by atoms with E-state index in [9.17, 15) is 4.79 Å². The van der Waals surface area contributed by atoms with Gasteiger partial charge >= 0.3 is 0 Å². The Bertz CT molecular complexity index is 131. The van der Waals surface area contributed by atoms with Crippen molar-refractivity contribution in [2.45, 2.75) is 13.8 Å². The first-order valence-corrected chi connectivity index (χ1v) is 4.04. The van der Waals surface area contributed by atoms with Gasteiger partial charge in [0.25, 0.3) is 0 Å². The van der Waals surface area contributed by atoms with E-state index in [1.165, 1.54) is 18.7 Å². The van der Waals surface area contributed by atoms with Crippen molar-refractivity contribution in [3.8, 4) is 0 Å². The molecule has 0 amide bonds. The summed E-state index contributed by atoms with van der Waals surface area (Å²) >= 11 is 1.40. The van der Waals surface area contributed by atoms with E-state index in [2.05, 4.69) is 4.99 Å². The Morgan fingerprint density at radius 3 is 2.33 bits per heavy atom. The zero-order valence-electron chi connectivity index (χ0n) is 5.97. The van der Waals surface area contributed by atoms with Crippen LogP contribution in [0.5, 0.6) is 0 Å². The fourth-order valence-electron chi connectivity index (χ4n) is 0.463. The van der Waals surface area contributed by atoms with E-state index in [4.69, 9.17) is 0 Å². The third-order valence-corrected chi connectivity index (χ3v) is 1.60. The molecule has 0 fully saturated rings. The Balaban J connectivity index is 3.98. The molecule has 0 atom stereocenters. The summed E-state index contributed by atoms with van der Waals surface area (Å²) in [5.74, 6) is 0.0596. The van der Waals surface area contributed by atoms with Gasteiger partial charge in [0.05, 0.1) is 0 Å². The molecule has 0 aliphatic rings. The number of hydrogen-bond acceptors (Lipinski definition) is 3. The van der Waals surface area contributed by atoms with Crippen molar-refractivity contribution in [1.29, 1.82) is 0 Å². The van der Waals surface area contributed by atoms with Crippen molar-refractivity contribution in [3.63, 3.8) is 0 Å². The summed E-state index contributed by atoms with van der Waals surface area (Å²) in [6.07, 6.45) is 1.86. The number of Topliss-reactive ketones (excluding diaryl/α,β-unsaturated/α-hetero) is 1. The minimum Gasteiger partial charge on any atom is -0.292 e. The van der Waals surface area contributed by atoms with Crippen molar-refractivity contribution in [2.75, 3.05) is 12.8 Å². The zero-order chi connectivity index (χ0) is 7.28. The topological polar surface area (TPSA) is 29.4 Å². The molecule has 0 N–H and O–H groups in total. The molecule has 0 aromatic rings. The lowest BCUT2D eigenvalue weighted by Gasteiger charge is -1.93. The molecule has 0 spiro atoms. The largest absolute Gasteiger partial charge is 0.292 e. The Morgan fingerprint density at radius 2 is 2.22 bits per heavy atom. The van der Waals surface area contributed by atoms with Crippen molar-refractivity contribution in [1.82, 2.24) is 0 Å². The predicted molar refractivity (Wildman–Crippen MR) is 42.2 cm³/mol. The van der Waals surface area contributed by atoms with Crippen LogP contribution in [0.2, 0.25) is 0 Å². The van der Waals surface area contributed by atoms with Crippen LogP contribution >= 0.6 is 11.8 Å². The molecule has 0 aliphatic carbocycles. The van der Waals surface area contributed by atoms with Crippen LogP contribution in [0.25, 0.3) is 0 Å². The van der Waals surface area contributed by atoms with Gasteiger partial charge < -0.3 is 0 Å². The maximum atomic E-state index is 10.6. The second-order valence-corrected chi connectivity index (χ2v) is 2.33. The number of rotatable bonds is 2. The fourth-order valence-corrected chi connectivity index (χ4v) is 1.01. The number of carbonyl (C=O) groups excluding carboxylic acids is 1. The lowest BCUT2D eigenvalue weighted by molar-refractivity contribution is -0.110. The zero-order valence-corrected chi connectivity index (χ0v) is 6.79. The van der Waals surface area contributed by atoms with Crippen LogP contribution < -0.4 is 0 Å². The average Bonchev–Trinajstić information content (AvgIpc) is 1.82. The molecule has 0 unspecified atom stereocenters. The Hall–Kier alpha value is -0.310. The first-order valence-electron chi connectivity index (χ1n) is 2.81. The minimum atomic E-state index is 0.0596. The molecule has 0 saturated carbocycles. The smallest absolute Gasteiger partial charge is 0.184 e. The van der Waals surface area contributed by atoms with E-state index in [0.29, 0.717) is 11.6 Å². The predicted octanol–water partition coefficient (Wildman–Crippen LogP) is 1.36. The van der Waals surface area contributed by atoms with Gasteiger partial charge in [-0.25, -0.2) is 0 Å². The van der Waals surface area contributed by atoms with Crippen molar-refractivity contribution in [2.24, 2.45) is 4.99 Å². The molecular formula is C6H11NOS. The van der Waals surface area contributed by atoms with Crippen LogP contribution in [0.15, 0.2) is 4.99 Å². The number of ketones is 1. The second-order valence-electron chi connectivity index (χ2n) is 1.54. The third-order valence-electron chi connectivity index (χ3n) is 0.796. The van der Waals surface area contributed by atoms with Gasteiger partial charge in [0, 0.05) is 13.5 Å². The highest BCUT2D eigenvalue weighted by atomic mass is 32.2. The molecule has 0 aliphatic heterocycles. The maximum absolute atomic E-state index is 10.6. The molecule has 0 saturated heterocycles. The van der Waals surface area contributed by atoms with E-state index in [0.717, 1.165) is 0 Å².